The highest BCUT2D eigenvalue weighted by Crippen LogP contribution is 2.35. The van der Waals surface area contributed by atoms with Gasteiger partial charge in [0.2, 0.25) is 0 Å². The van der Waals surface area contributed by atoms with Gasteiger partial charge in [-0.2, -0.15) is 0 Å². The zero-order valence-electron chi connectivity index (χ0n) is 8.42. The van der Waals surface area contributed by atoms with Crippen molar-refractivity contribution in [1.29, 1.82) is 0 Å². The normalized spacial score (nSPS) is 40.8. The first-order chi connectivity index (χ1) is 5.75. The van der Waals surface area contributed by atoms with Gasteiger partial charge in [0.05, 0.1) is 0 Å². The molecule has 0 amide bonds. The Kier molecular flexibility index (Phi) is 2.40. The first-order valence-corrected chi connectivity index (χ1v) is 5.48. The SMILES string of the molecule is CC(C)C[C@@H]1CN2CCC[C@H]1C2. The predicted octanol–water partition coefficient (Wildman–Crippen LogP) is 2.37. The van der Waals surface area contributed by atoms with Gasteiger partial charge in [-0.1, -0.05) is 13.8 Å². The van der Waals surface area contributed by atoms with Gasteiger partial charge in [-0.05, 0) is 43.6 Å². The van der Waals surface area contributed by atoms with Crippen molar-refractivity contribution in [3.63, 3.8) is 0 Å². The minimum absolute atomic E-state index is 0.899. The van der Waals surface area contributed by atoms with Crippen LogP contribution in [0.15, 0.2) is 0 Å². The fourth-order valence-electron chi connectivity index (χ4n) is 3.00. The molecule has 0 aliphatic carbocycles. The van der Waals surface area contributed by atoms with Gasteiger partial charge in [-0.15, -0.1) is 0 Å². The fraction of sp³-hybridized carbons (Fsp3) is 1.00. The first-order valence-electron chi connectivity index (χ1n) is 5.48. The molecule has 0 aromatic carbocycles. The van der Waals surface area contributed by atoms with Crippen molar-refractivity contribution in [3.8, 4) is 0 Å². The zero-order valence-corrected chi connectivity index (χ0v) is 8.42. The van der Waals surface area contributed by atoms with Crippen LogP contribution in [0.25, 0.3) is 0 Å². The van der Waals surface area contributed by atoms with Crippen LogP contribution in [0.2, 0.25) is 0 Å². The molecule has 1 nitrogen and oxygen atoms in total. The first kappa shape index (κ1) is 8.55. The molecule has 0 aromatic heterocycles. The van der Waals surface area contributed by atoms with E-state index in [9.17, 15) is 0 Å². The third-order valence-electron chi connectivity index (χ3n) is 3.48. The van der Waals surface area contributed by atoms with E-state index in [4.69, 9.17) is 0 Å². The maximum atomic E-state index is 2.67. The second kappa shape index (κ2) is 3.37. The monoisotopic (exact) mass is 167 g/mol. The van der Waals surface area contributed by atoms with Crippen LogP contribution in [0, 0.1) is 17.8 Å². The van der Waals surface area contributed by atoms with E-state index >= 15 is 0 Å². The van der Waals surface area contributed by atoms with Crippen LogP contribution in [0.4, 0.5) is 0 Å². The van der Waals surface area contributed by atoms with Crippen molar-refractivity contribution in [3.05, 3.63) is 0 Å². The standard InChI is InChI=1S/C11H21N/c1-9(2)6-11-8-12-5-3-4-10(11)7-12/h9-11H,3-8H2,1-2H3/t10-,11+/m0/s1. The van der Waals surface area contributed by atoms with Crippen LogP contribution in [-0.2, 0) is 0 Å². The molecule has 0 radical (unpaired) electrons. The lowest BCUT2D eigenvalue weighted by Gasteiger charge is -2.22. The van der Waals surface area contributed by atoms with Crippen molar-refractivity contribution in [2.24, 2.45) is 17.8 Å². The van der Waals surface area contributed by atoms with E-state index in [1.165, 1.54) is 38.9 Å². The fourth-order valence-corrected chi connectivity index (χ4v) is 3.00. The number of rotatable bonds is 2. The van der Waals surface area contributed by atoms with Gasteiger partial charge >= 0.3 is 0 Å². The summed E-state index contributed by atoms with van der Waals surface area (Å²) >= 11 is 0. The van der Waals surface area contributed by atoms with E-state index in [0.717, 1.165) is 17.8 Å². The van der Waals surface area contributed by atoms with Crippen LogP contribution in [-0.4, -0.2) is 24.5 Å². The number of nitrogens with zero attached hydrogens (tertiary/aromatic N) is 1. The van der Waals surface area contributed by atoms with Gasteiger partial charge in [0.25, 0.3) is 0 Å². The van der Waals surface area contributed by atoms with Crippen LogP contribution < -0.4 is 0 Å². The molecule has 1 unspecified atom stereocenters. The van der Waals surface area contributed by atoms with Crippen LogP contribution in [0.1, 0.15) is 33.1 Å². The van der Waals surface area contributed by atoms with E-state index in [2.05, 4.69) is 18.7 Å². The molecule has 12 heavy (non-hydrogen) atoms. The molecule has 0 saturated carbocycles. The Labute approximate surface area is 76.1 Å². The molecule has 2 bridgehead atoms. The largest absolute Gasteiger partial charge is 0.303 e. The molecule has 2 aliphatic heterocycles. The molecular weight excluding hydrogens is 146 g/mol. The summed E-state index contributed by atoms with van der Waals surface area (Å²) in [5.41, 5.74) is 0. The molecule has 3 atom stereocenters. The van der Waals surface area contributed by atoms with Gasteiger partial charge in [0.1, 0.15) is 0 Å². The van der Waals surface area contributed by atoms with E-state index in [1.807, 2.05) is 0 Å². The average molecular weight is 167 g/mol. The van der Waals surface area contributed by atoms with Crippen LogP contribution in [0.5, 0.6) is 0 Å². The van der Waals surface area contributed by atoms with Gasteiger partial charge < -0.3 is 4.90 Å². The molecular formula is C11H21N. The highest BCUT2D eigenvalue weighted by molar-refractivity contribution is 4.87. The maximum absolute atomic E-state index is 2.67. The lowest BCUT2D eigenvalue weighted by Crippen LogP contribution is -2.25. The minimum Gasteiger partial charge on any atom is -0.303 e. The van der Waals surface area contributed by atoms with Gasteiger partial charge in [-0.3, -0.25) is 0 Å². The summed E-state index contributed by atoms with van der Waals surface area (Å²) < 4.78 is 0. The molecule has 0 spiro atoms. The Morgan fingerprint density at radius 1 is 1.33 bits per heavy atom. The Morgan fingerprint density at radius 3 is 2.83 bits per heavy atom. The molecule has 2 rings (SSSR count). The number of hydrogen-bond acceptors (Lipinski definition) is 1. The highest BCUT2D eigenvalue weighted by Gasteiger charge is 2.35. The van der Waals surface area contributed by atoms with Gasteiger partial charge in [-0.25, -0.2) is 0 Å². The summed E-state index contributed by atoms with van der Waals surface area (Å²) in [7, 11) is 0. The topological polar surface area (TPSA) is 3.24 Å². The lowest BCUT2D eigenvalue weighted by molar-refractivity contribution is 0.266. The minimum atomic E-state index is 0.899. The van der Waals surface area contributed by atoms with E-state index in [0.29, 0.717) is 0 Å². The third-order valence-corrected chi connectivity index (χ3v) is 3.48. The zero-order chi connectivity index (χ0) is 8.55. The van der Waals surface area contributed by atoms with Crippen molar-refractivity contribution in [1.82, 2.24) is 4.90 Å². The summed E-state index contributed by atoms with van der Waals surface area (Å²) in [4.78, 5) is 2.67. The number of hydrogen-bond donors (Lipinski definition) is 0. The molecule has 0 aromatic rings. The second-order valence-corrected chi connectivity index (χ2v) is 5.05. The lowest BCUT2D eigenvalue weighted by atomic mass is 9.85. The van der Waals surface area contributed by atoms with Crippen molar-refractivity contribution in [2.45, 2.75) is 33.1 Å². The van der Waals surface area contributed by atoms with Gasteiger partial charge in [0.15, 0.2) is 0 Å². The summed E-state index contributed by atoms with van der Waals surface area (Å²) in [6, 6.07) is 0. The van der Waals surface area contributed by atoms with Crippen molar-refractivity contribution in [2.75, 3.05) is 19.6 Å². The Morgan fingerprint density at radius 2 is 2.17 bits per heavy atom. The number of fused-ring (bicyclic) bond motifs is 2. The van der Waals surface area contributed by atoms with Crippen LogP contribution >= 0.6 is 0 Å². The van der Waals surface area contributed by atoms with Crippen molar-refractivity contribution >= 4 is 0 Å². The Hall–Kier alpha value is -0.0400. The summed E-state index contributed by atoms with van der Waals surface area (Å²) in [6.07, 6.45) is 4.42. The highest BCUT2D eigenvalue weighted by atomic mass is 15.2. The molecule has 1 heteroatoms. The van der Waals surface area contributed by atoms with Gasteiger partial charge in [0, 0.05) is 13.1 Å². The van der Waals surface area contributed by atoms with E-state index < -0.39 is 0 Å². The second-order valence-electron chi connectivity index (χ2n) is 5.05. The molecule has 0 N–H and O–H groups in total. The van der Waals surface area contributed by atoms with Crippen LogP contribution in [0.3, 0.4) is 0 Å². The van der Waals surface area contributed by atoms with E-state index in [-0.39, 0.29) is 0 Å². The Balaban J connectivity index is 1.91. The molecule has 2 heterocycles. The average Bonchev–Trinajstić information content (AvgIpc) is 2.26. The molecule has 2 aliphatic rings. The quantitative estimate of drug-likeness (QED) is 0.610. The molecule has 2 fully saturated rings. The molecule has 70 valence electrons. The Bertz CT molecular complexity index is 151. The molecule has 2 saturated heterocycles. The maximum Gasteiger partial charge on any atom is 0.00130 e. The number of piperidine rings is 1. The summed E-state index contributed by atoms with van der Waals surface area (Å²) in [6.45, 7) is 8.92. The summed E-state index contributed by atoms with van der Waals surface area (Å²) in [5, 5.41) is 0. The van der Waals surface area contributed by atoms with Crippen molar-refractivity contribution < 1.29 is 0 Å². The van der Waals surface area contributed by atoms with E-state index in [1.54, 1.807) is 0 Å². The third kappa shape index (κ3) is 1.66. The summed E-state index contributed by atoms with van der Waals surface area (Å²) in [5.74, 6) is 2.99. The predicted molar refractivity (Wildman–Crippen MR) is 52.1 cm³/mol. The smallest absolute Gasteiger partial charge is 0.00130 e.